The van der Waals surface area contributed by atoms with Crippen LogP contribution in [0.15, 0.2) is 72.9 Å². The highest BCUT2D eigenvalue weighted by Gasteiger charge is 2.42. The van der Waals surface area contributed by atoms with Crippen molar-refractivity contribution in [1.29, 1.82) is 0 Å². The molecule has 2 heterocycles. The highest BCUT2D eigenvalue weighted by molar-refractivity contribution is 7.00. The van der Waals surface area contributed by atoms with Gasteiger partial charge in [-0.3, -0.25) is 4.98 Å². The van der Waals surface area contributed by atoms with Crippen LogP contribution in [0.25, 0.3) is 22.0 Å². The van der Waals surface area contributed by atoms with Crippen molar-refractivity contribution < 1.29 is 13.2 Å². The summed E-state index contributed by atoms with van der Waals surface area (Å²) in [5, 5.41) is 2.13. The lowest BCUT2D eigenvalue weighted by Gasteiger charge is -2.28. The molecule has 0 spiro atoms. The van der Waals surface area contributed by atoms with E-state index in [1.807, 2.05) is 75.4 Å². The van der Waals surface area contributed by atoms with Gasteiger partial charge in [0.05, 0.1) is 11.3 Å². The Kier molecular flexibility index (Phi) is 7.31. The maximum absolute atomic E-state index is 14.0. The standard InChI is InChI=1S/C27H23BF3N.C4H10/c1-4-26(2,3)20-15-18(27(29,30)31)16-23-24(20)25-22(13-8-14-32-25)28(23)21-12-7-10-17-9-5-6-11-19(17)21;1-3-4-2/h5-16H,4H2,1-3H3;3-4H2,1-2H3. The lowest BCUT2D eigenvalue weighted by atomic mass is 9.38. The molecule has 0 aliphatic carbocycles. The van der Waals surface area contributed by atoms with Crippen molar-refractivity contribution in [3.8, 4) is 11.3 Å². The number of hydrogen-bond acceptors (Lipinski definition) is 1. The molecule has 0 atom stereocenters. The number of alkyl halides is 3. The minimum absolute atomic E-state index is 0.298. The Morgan fingerprint density at radius 1 is 0.778 bits per heavy atom. The minimum atomic E-state index is -4.42. The summed E-state index contributed by atoms with van der Waals surface area (Å²) < 4.78 is 42.1. The SMILES string of the molecule is CCC(C)(C)c1cc(C(F)(F)F)cc2c1-c1ncccc1B2c1cccc2ccccc12.CCCC. The average Bonchev–Trinajstić information content (AvgIpc) is 3.21. The fraction of sp³-hybridized carbons (Fsp3) is 0.323. The maximum Gasteiger partial charge on any atom is 0.416 e. The van der Waals surface area contributed by atoms with Crippen molar-refractivity contribution in [3.63, 3.8) is 0 Å². The van der Waals surface area contributed by atoms with E-state index in [1.54, 1.807) is 6.20 Å². The number of rotatable bonds is 4. The van der Waals surface area contributed by atoms with Gasteiger partial charge in [-0.15, -0.1) is 0 Å². The highest BCUT2D eigenvalue weighted by Crippen LogP contribution is 2.40. The number of hydrogen-bond donors (Lipinski definition) is 0. The maximum atomic E-state index is 14.0. The number of halogens is 3. The number of benzene rings is 3. The molecule has 0 saturated heterocycles. The summed E-state index contributed by atoms with van der Waals surface area (Å²) in [6.07, 6.45) is 0.676. The van der Waals surface area contributed by atoms with Crippen LogP contribution in [-0.2, 0) is 11.6 Å². The van der Waals surface area contributed by atoms with Crippen molar-refractivity contribution in [3.05, 3.63) is 84.1 Å². The van der Waals surface area contributed by atoms with Crippen molar-refractivity contribution in [1.82, 2.24) is 4.98 Å². The van der Waals surface area contributed by atoms with E-state index >= 15 is 0 Å². The Hall–Kier alpha value is -3.08. The van der Waals surface area contributed by atoms with Gasteiger partial charge in [-0.05, 0) is 51.3 Å². The molecule has 0 N–H and O–H groups in total. The molecule has 1 aromatic heterocycles. The molecule has 0 radical (unpaired) electrons. The Balaban J connectivity index is 0.000000709. The van der Waals surface area contributed by atoms with Crippen LogP contribution in [-0.4, -0.2) is 11.7 Å². The van der Waals surface area contributed by atoms with Crippen LogP contribution in [0.3, 0.4) is 0 Å². The smallest absolute Gasteiger partial charge is 0.257 e. The number of unbranched alkanes of at least 4 members (excludes halogenated alkanes) is 1. The molecule has 3 aromatic carbocycles. The molecule has 4 aromatic rings. The first-order valence-corrected chi connectivity index (χ1v) is 12.8. The van der Waals surface area contributed by atoms with E-state index in [4.69, 9.17) is 0 Å². The van der Waals surface area contributed by atoms with Gasteiger partial charge in [0.1, 0.15) is 0 Å². The van der Waals surface area contributed by atoms with Crippen LogP contribution in [0.2, 0.25) is 0 Å². The van der Waals surface area contributed by atoms with Crippen molar-refractivity contribution in [2.45, 2.75) is 65.5 Å². The van der Waals surface area contributed by atoms with E-state index < -0.39 is 17.2 Å². The quantitative estimate of drug-likeness (QED) is 0.244. The summed E-state index contributed by atoms with van der Waals surface area (Å²) in [6.45, 7) is 10.1. The zero-order valence-electron chi connectivity index (χ0n) is 21.7. The molecular weight excluding hydrogens is 454 g/mol. The topological polar surface area (TPSA) is 12.9 Å². The normalized spacial score (nSPS) is 12.7. The van der Waals surface area contributed by atoms with Gasteiger partial charge in [0.25, 0.3) is 0 Å². The average molecular weight is 487 g/mol. The Labute approximate surface area is 212 Å². The molecule has 0 bridgehead atoms. The molecule has 5 rings (SSSR count). The molecule has 1 aliphatic heterocycles. The first-order chi connectivity index (χ1) is 17.1. The van der Waals surface area contributed by atoms with Crippen molar-refractivity contribution in [2.75, 3.05) is 0 Å². The van der Waals surface area contributed by atoms with Crippen LogP contribution in [0.1, 0.15) is 65.0 Å². The highest BCUT2D eigenvalue weighted by atomic mass is 19.4. The lowest BCUT2D eigenvalue weighted by Crippen LogP contribution is -2.49. The molecule has 36 heavy (non-hydrogen) atoms. The Morgan fingerprint density at radius 2 is 1.44 bits per heavy atom. The first-order valence-electron chi connectivity index (χ1n) is 12.8. The predicted molar refractivity (Wildman–Crippen MR) is 147 cm³/mol. The fourth-order valence-electron chi connectivity index (χ4n) is 4.91. The van der Waals surface area contributed by atoms with Gasteiger partial charge in [0.2, 0.25) is 6.71 Å². The van der Waals surface area contributed by atoms with Gasteiger partial charge in [0.15, 0.2) is 0 Å². The summed E-state index contributed by atoms with van der Waals surface area (Å²) in [6, 6.07) is 20.7. The first kappa shape index (κ1) is 26.0. The second kappa shape index (κ2) is 10.1. The molecule has 5 heteroatoms. The molecule has 1 aliphatic rings. The summed E-state index contributed by atoms with van der Waals surface area (Å²) in [4.78, 5) is 4.68. The van der Waals surface area contributed by atoms with E-state index in [-0.39, 0.29) is 6.71 Å². The predicted octanol–water partition coefficient (Wildman–Crippen LogP) is 7.24. The molecule has 0 fully saturated rings. The fourth-order valence-corrected chi connectivity index (χ4v) is 4.91. The summed E-state index contributed by atoms with van der Waals surface area (Å²) >= 11 is 0. The van der Waals surface area contributed by atoms with E-state index in [9.17, 15) is 13.2 Å². The van der Waals surface area contributed by atoms with E-state index in [1.165, 1.54) is 25.0 Å². The van der Waals surface area contributed by atoms with Gasteiger partial charge in [-0.25, -0.2) is 0 Å². The van der Waals surface area contributed by atoms with E-state index in [2.05, 4.69) is 18.8 Å². The second-order valence-electron chi connectivity index (χ2n) is 10.2. The van der Waals surface area contributed by atoms with Gasteiger partial charge in [-0.1, -0.05) is 113 Å². The molecular formula is C31H33BF3N. The van der Waals surface area contributed by atoms with Crippen LogP contribution in [0.4, 0.5) is 13.2 Å². The monoisotopic (exact) mass is 487 g/mol. The molecule has 0 saturated carbocycles. The van der Waals surface area contributed by atoms with Crippen LogP contribution < -0.4 is 16.4 Å². The third-order valence-corrected chi connectivity index (χ3v) is 7.44. The van der Waals surface area contributed by atoms with E-state index in [0.29, 0.717) is 11.0 Å². The van der Waals surface area contributed by atoms with Gasteiger partial charge in [-0.2, -0.15) is 13.2 Å². The largest absolute Gasteiger partial charge is 0.416 e. The molecule has 186 valence electrons. The Morgan fingerprint density at radius 3 is 2.11 bits per heavy atom. The summed E-state index contributed by atoms with van der Waals surface area (Å²) in [5.74, 6) is 0. The van der Waals surface area contributed by atoms with Crippen LogP contribution in [0, 0.1) is 0 Å². The van der Waals surface area contributed by atoms with Crippen LogP contribution >= 0.6 is 0 Å². The lowest BCUT2D eigenvalue weighted by molar-refractivity contribution is -0.137. The van der Waals surface area contributed by atoms with E-state index in [0.717, 1.165) is 39.4 Å². The second-order valence-corrected chi connectivity index (χ2v) is 10.2. The zero-order chi connectivity index (χ0) is 26.1. The van der Waals surface area contributed by atoms with Crippen LogP contribution in [0.5, 0.6) is 0 Å². The number of fused-ring (bicyclic) bond motifs is 4. The van der Waals surface area contributed by atoms with Gasteiger partial charge >= 0.3 is 6.18 Å². The number of pyridine rings is 1. The molecule has 0 unspecified atom stereocenters. The molecule has 1 nitrogen and oxygen atoms in total. The molecule has 0 amide bonds. The van der Waals surface area contributed by atoms with Gasteiger partial charge in [0, 0.05) is 6.20 Å². The third-order valence-electron chi connectivity index (χ3n) is 7.44. The number of aromatic nitrogens is 1. The summed E-state index contributed by atoms with van der Waals surface area (Å²) in [7, 11) is 0. The summed E-state index contributed by atoms with van der Waals surface area (Å²) in [5.41, 5.74) is 4.03. The van der Waals surface area contributed by atoms with Gasteiger partial charge < -0.3 is 0 Å². The van der Waals surface area contributed by atoms with Crippen molar-refractivity contribution in [2.24, 2.45) is 0 Å². The Bertz CT molecular complexity index is 1370. The van der Waals surface area contributed by atoms with Crippen molar-refractivity contribution >= 4 is 33.9 Å². The third kappa shape index (κ3) is 4.68. The minimum Gasteiger partial charge on any atom is -0.257 e. The zero-order valence-corrected chi connectivity index (χ0v) is 21.7. The number of nitrogens with zero attached hydrogens (tertiary/aromatic N) is 1.